The van der Waals surface area contributed by atoms with Crippen LogP contribution in [0.4, 0.5) is 5.69 Å². The fourth-order valence-corrected chi connectivity index (χ4v) is 5.20. The summed E-state index contributed by atoms with van der Waals surface area (Å²) in [5.74, 6) is -0.668. The minimum atomic E-state index is -3.42. The summed E-state index contributed by atoms with van der Waals surface area (Å²) in [7, 11) is -3.42. The van der Waals surface area contributed by atoms with Crippen LogP contribution in [0, 0.1) is 5.41 Å². The molecule has 0 saturated heterocycles. The van der Waals surface area contributed by atoms with Crippen molar-refractivity contribution in [1.29, 1.82) is 0 Å². The van der Waals surface area contributed by atoms with Gasteiger partial charge in [-0.3, -0.25) is 9.52 Å². The Balaban J connectivity index is 1.90. The van der Waals surface area contributed by atoms with E-state index in [1.54, 1.807) is 24.3 Å². The molecule has 2 rings (SSSR count). The lowest BCUT2D eigenvalue weighted by molar-refractivity contribution is -0.137. The number of rotatable bonds is 11. The van der Waals surface area contributed by atoms with E-state index in [1.807, 2.05) is 6.08 Å². The number of carbonyl (C=O) groups is 1. The maximum absolute atomic E-state index is 12.5. The van der Waals surface area contributed by atoms with Gasteiger partial charge in [-0.05, 0) is 68.2 Å². The normalized spacial score (nSPS) is 16.9. The van der Waals surface area contributed by atoms with E-state index in [0.717, 1.165) is 38.5 Å². The monoisotopic (exact) mass is 427 g/mol. The lowest BCUT2D eigenvalue weighted by Gasteiger charge is -2.36. The number of hydrogen-bond acceptors (Lipinski definition) is 3. The first-order valence-electron chi connectivity index (χ1n) is 9.93. The number of carboxylic acids is 1. The van der Waals surface area contributed by atoms with E-state index < -0.39 is 16.0 Å². The Morgan fingerprint density at radius 2 is 1.82 bits per heavy atom. The van der Waals surface area contributed by atoms with Gasteiger partial charge < -0.3 is 5.11 Å². The van der Waals surface area contributed by atoms with Crippen LogP contribution in [0.3, 0.4) is 0 Å². The number of benzene rings is 1. The van der Waals surface area contributed by atoms with Crippen molar-refractivity contribution in [2.24, 2.45) is 5.41 Å². The number of anilines is 1. The summed E-state index contributed by atoms with van der Waals surface area (Å²) in [6.45, 7) is 0. The molecule has 1 fully saturated rings. The zero-order chi connectivity index (χ0) is 20.5. The van der Waals surface area contributed by atoms with Gasteiger partial charge >= 0.3 is 5.97 Å². The van der Waals surface area contributed by atoms with Crippen LogP contribution in [0.1, 0.15) is 64.2 Å². The molecule has 0 bridgehead atoms. The average Bonchev–Trinajstić information content (AvgIpc) is 2.65. The van der Waals surface area contributed by atoms with Crippen molar-refractivity contribution in [3.8, 4) is 0 Å². The minimum Gasteiger partial charge on any atom is -0.481 e. The van der Waals surface area contributed by atoms with Crippen LogP contribution in [0.15, 0.2) is 36.4 Å². The van der Waals surface area contributed by atoms with Crippen LogP contribution in [-0.4, -0.2) is 25.2 Å². The third-order valence-corrected chi connectivity index (χ3v) is 6.95. The second kappa shape index (κ2) is 10.9. The number of carboxylic acid groups (broad SMARTS) is 1. The van der Waals surface area contributed by atoms with Crippen LogP contribution in [0.25, 0.3) is 0 Å². The van der Waals surface area contributed by atoms with E-state index in [9.17, 15) is 13.2 Å². The Kier molecular flexibility index (Phi) is 8.83. The van der Waals surface area contributed by atoms with Gasteiger partial charge in [0.15, 0.2) is 0 Å². The lowest BCUT2D eigenvalue weighted by atomic mass is 9.70. The van der Waals surface area contributed by atoms with Gasteiger partial charge in [-0.1, -0.05) is 43.0 Å². The molecule has 0 radical (unpaired) electrons. The lowest BCUT2D eigenvalue weighted by Crippen LogP contribution is -2.28. The molecule has 28 heavy (non-hydrogen) atoms. The van der Waals surface area contributed by atoms with Crippen molar-refractivity contribution in [2.75, 3.05) is 10.5 Å². The zero-order valence-electron chi connectivity index (χ0n) is 16.2. The molecule has 1 aromatic carbocycles. The molecule has 7 heteroatoms. The molecule has 0 spiro atoms. The van der Waals surface area contributed by atoms with Gasteiger partial charge in [0.05, 0.1) is 5.75 Å². The van der Waals surface area contributed by atoms with Gasteiger partial charge in [0.1, 0.15) is 0 Å². The standard InChI is InChI=1S/C21H30ClNO4S/c22-18-9-11-19(12-10-18)23-28(26,27)17-16-21(14-6-3-7-15-21)13-5-2-1-4-8-20(24)25/h2,5,9-12,23H,1,3-4,6-8,13-17H2,(H,24,25)/b5-2-. The highest BCUT2D eigenvalue weighted by Gasteiger charge is 2.32. The number of allylic oxidation sites excluding steroid dienone is 2. The van der Waals surface area contributed by atoms with Gasteiger partial charge in [-0.2, -0.15) is 0 Å². The van der Waals surface area contributed by atoms with Crippen molar-refractivity contribution in [3.63, 3.8) is 0 Å². The predicted molar refractivity (Wildman–Crippen MR) is 114 cm³/mol. The molecular weight excluding hydrogens is 398 g/mol. The van der Waals surface area contributed by atoms with Crippen LogP contribution in [0.2, 0.25) is 5.02 Å². The number of nitrogens with one attached hydrogen (secondary N) is 1. The van der Waals surface area contributed by atoms with Crippen molar-refractivity contribution < 1.29 is 18.3 Å². The number of unbranched alkanes of at least 4 members (excludes halogenated alkanes) is 1. The number of aliphatic carboxylic acids is 1. The summed E-state index contributed by atoms with van der Waals surface area (Å²) in [5.41, 5.74) is 0.552. The zero-order valence-corrected chi connectivity index (χ0v) is 17.8. The molecule has 5 nitrogen and oxygen atoms in total. The molecule has 1 aliphatic carbocycles. The summed E-state index contributed by atoms with van der Waals surface area (Å²) in [4.78, 5) is 10.6. The topological polar surface area (TPSA) is 83.5 Å². The molecule has 1 aliphatic rings. The molecule has 156 valence electrons. The van der Waals surface area contributed by atoms with Gasteiger partial charge in [0.25, 0.3) is 0 Å². The highest BCUT2D eigenvalue weighted by molar-refractivity contribution is 7.92. The number of sulfonamides is 1. The van der Waals surface area contributed by atoms with E-state index in [0.29, 0.717) is 23.6 Å². The van der Waals surface area contributed by atoms with Gasteiger partial charge in [-0.15, -0.1) is 0 Å². The summed E-state index contributed by atoms with van der Waals surface area (Å²) < 4.78 is 27.7. The third-order valence-electron chi connectivity index (χ3n) is 5.41. The molecule has 0 amide bonds. The first kappa shape index (κ1) is 22.8. The van der Waals surface area contributed by atoms with Gasteiger partial charge in [0, 0.05) is 17.1 Å². The fraction of sp³-hybridized carbons (Fsp3) is 0.571. The number of hydrogen-bond donors (Lipinski definition) is 2. The Morgan fingerprint density at radius 1 is 1.14 bits per heavy atom. The largest absolute Gasteiger partial charge is 0.481 e. The summed E-state index contributed by atoms with van der Waals surface area (Å²) in [6.07, 6.45) is 12.8. The van der Waals surface area contributed by atoms with E-state index in [2.05, 4.69) is 10.8 Å². The van der Waals surface area contributed by atoms with E-state index >= 15 is 0 Å². The Labute approximate surface area is 173 Å². The van der Waals surface area contributed by atoms with E-state index in [-0.39, 0.29) is 17.6 Å². The first-order valence-corrected chi connectivity index (χ1v) is 12.0. The smallest absolute Gasteiger partial charge is 0.303 e. The highest BCUT2D eigenvalue weighted by Crippen LogP contribution is 2.43. The average molecular weight is 428 g/mol. The van der Waals surface area contributed by atoms with Crippen LogP contribution in [-0.2, 0) is 14.8 Å². The number of halogens is 1. The van der Waals surface area contributed by atoms with Crippen molar-refractivity contribution in [3.05, 3.63) is 41.4 Å². The molecule has 1 aromatic rings. The maximum atomic E-state index is 12.5. The van der Waals surface area contributed by atoms with Crippen LogP contribution >= 0.6 is 11.6 Å². The molecular formula is C21H30ClNO4S. The van der Waals surface area contributed by atoms with Crippen molar-refractivity contribution >= 4 is 33.3 Å². The fourth-order valence-electron chi connectivity index (χ4n) is 3.78. The SMILES string of the molecule is O=C(O)CCC/C=C\CC1(CCS(=O)(=O)Nc2ccc(Cl)cc2)CCCCC1. The first-order chi connectivity index (χ1) is 13.3. The molecule has 0 aliphatic heterocycles. The minimum absolute atomic E-state index is 0.0241. The quantitative estimate of drug-likeness (QED) is 0.354. The summed E-state index contributed by atoms with van der Waals surface area (Å²) in [5, 5.41) is 9.26. The highest BCUT2D eigenvalue weighted by atomic mass is 35.5. The molecule has 0 heterocycles. The Hall–Kier alpha value is -1.53. The molecule has 2 N–H and O–H groups in total. The maximum Gasteiger partial charge on any atom is 0.303 e. The molecule has 0 atom stereocenters. The third kappa shape index (κ3) is 8.23. The second-order valence-electron chi connectivity index (χ2n) is 7.70. The van der Waals surface area contributed by atoms with Crippen LogP contribution in [0.5, 0.6) is 0 Å². The Bertz CT molecular complexity index is 753. The van der Waals surface area contributed by atoms with Gasteiger partial charge in [0.2, 0.25) is 10.0 Å². The predicted octanol–water partition coefficient (Wildman–Crippen LogP) is 5.62. The Morgan fingerprint density at radius 3 is 2.46 bits per heavy atom. The van der Waals surface area contributed by atoms with Crippen LogP contribution < -0.4 is 4.72 Å². The van der Waals surface area contributed by atoms with E-state index in [4.69, 9.17) is 16.7 Å². The molecule has 0 aromatic heterocycles. The second-order valence-corrected chi connectivity index (χ2v) is 9.98. The van der Waals surface area contributed by atoms with Crippen molar-refractivity contribution in [1.82, 2.24) is 0 Å². The summed E-state index contributed by atoms with van der Waals surface area (Å²) >= 11 is 5.85. The van der Waals surface area contributed by atoms with Crippen molar-refractivity contribution in [2.45, 2.75) is 64.2 Å². The summed E-state index contributed by atoms with van der Waals surface area (Å²) in [6, 6.07) is 6.65. The van der Waals surface area contributed by atoms with Gasteiger partial charge in [-0.25, -0.2) is 8.42 Å². The molecule has 1 saturated carbocycles. The van der Waals surface area contributed by atoms with E-state index in [1.165, 1.54) is 6.42 Å². The molecule has 0 unspecified atom stereocenters.